The van der Waals surface area contributed by atoms with Crippen LogP contribution in [0.2, 0.25) is 0 Å². The minimum atomic E-state index is -1.02. The third-order valence-electron chi connectivity index (χ3n) is 6.92. The molecule has 1 amide bonds. The van der Waals surface area contributed by atoms with E-state index in [2.05, 4.69) is 6.58 Å². The van der Waals surface area contributed by atoms with Gasteiger partial charge in [0, 0.05) is 43.8 Å². The van der Waals surface area contributed by atoms with Crippen molar-refractivity contribution in [2.24, 2.45) is 0 Å². The van der Waals surface area contributed by atoms with Crippen molar-refractivity contribution in [3.8, 4) is 11.5 Å². The predicted octanol–water partition coefficient (Wildman–Crippen LogP) is 3.87. The van der Waals surface area contributed by atoms with Gasteiger partial charge in [-0.3, -0.25) is 19.2 Å². The Bertz CT molecular complexity index is 1460. The standard InChI is InChI=1S/C30H33NO10S/c1-17(15-40-24-8-18-11-27(21(32)4-6-29(34)35)42-26(18)12-23(24)39-3)16-41-25-10-20-14-31(28(33)5-7-30(36)37)13-19(20)9-22(25)38-2/h8-12,22,25H,1,4-7,13-16H2,2-3H3,(H,34,35)(H,36,37). The van der Waals surface area contributed by atoms with Gasteiger partial charge in [0.25, 0.3) is 0 Å². The Morgan fingerprint density at radius 1 is 0.905 bits per heavy atom. The zero-order chi connectivity index (χ0) is 30.4. The number of nitrogens with zero attached hydrogens (tertiary/aromatic N) is 1. The average molecular weight is 600 g/mol. The fourth-order valence-corrected chi connectivity index (χ4v) is 5.75. The first-order valence-electron chi connectivity index (χ1n) is 13.3. The van der Waals surface area contributed by atoms with E-state index in [-0.39, 0.29) is 56.7 Å². The zero-order valence-corrected chi connectivity index (χ0v) is 24.2. The van der Waals surface area contributed by atoms with Crippen LogP contribution in [0.1, 0.15) is 35.4 Å². The largest absolute Gasteiger partial charge is 0.493 e. The van der Waals surface area contributed by atoms with E-state index in [0.29, 0.717) is 35.0 Å². The first kappa shape index (κ1) is 30.9. The van der Waals surface area contributed by atoms with Gasteiger partial charge in [-0.05, 0) is 46.4 Å². The van der Waals surface area contributed by atoms with Crippen molar-refractivity contribution in [1.82, 2.24) is 4.90 Å². The van der Waals surface area contributed by atoms with Crippen LogP contribution in [0.15, 0.2) is 53.6 Å². The van der Waals surface area contributed by atoms with Gasteiger partial charge >= 0.3 is 11.9 Å². The summed E-state index contributed by atoms with van der Waals surface area (Å²) in [5, 5.41) is 18.5. The molecule has 12 heteroatoms. The number of thiophene rings is 1. The van der Waals surface area contributed by atoms with Crippen molar-refractivity contribution in [2.45, 2.75) is 37.9 Å². The van der Waals surface area contributed by atoms with E-state index in [1.165, 1.54) is 18.4 Å². The highest BCUT2D eigenvalue weighted by Crippen LogP contribution is 2.37. The van der Waals surface area contributed by atoms with Crippen LogP contribution in [-0.4, -0.2) is 91.5 Å². The van der Waals surface area contributed by atoms with Gasteiger partial charge in [0.05, 0.1) is 31.4 Å². The molecular formula is C30H33NO10S. The SMILES string of the molecule is C=C(COc1cc2cc(C(=O)CCC(=O)O)sc2cc1OC)COC1C=C2CN(C(=O)CCC(=O)O)CC2=CC1OC. The monoisotopic (exact) mass is 599 g/mol. The summed E-state index contributed by atoms with van der Waals surface area (Å²) in [6.45, 7) is 5.19. The van der Waals surface area contributed by atoms with Crippen LogP contribution < -0.4 is 9.47 Å². The minimum absolute atomic E-state index is 0.0421. The van der Waals surface area contributed by atoms with Gasteiger partial charge in [-0.15, -0.1) is 11.3 Å². The smallest absolute Gasteiger partial charge is 0.303 e. The summed E-state index contributed by atoms with van der Waals surface area (Å²) >= 11 is 1.27. The molecule has 1 aliphatic carbocycles. The Kier molecular flexibility index (Phi) is 10.2. The maximum Gasteiger partial charge on any atom is 0.303 e. The number of carbonyl (C=O) groups is 4. The molecule has 4 rings (SSSR count). The Morgan fingerprint density at radius 3 is 2.21 bits per heavy atom. The van der Waals surface area contributed by atoms with E-state index in [0.717, 1.165) is 21.2 Å². The molecular weight excluding hydrogens is 566 g/mol. The number of aliphatic carboxylic acids is 2. The summed E-state index contributed by atoms with van der Waals surface area (Å²) in [7, 11) is 3.10. The summed E-state index contributed by atoms with van der Waals surface area (Å²) in [5.41, 5.74) is 2.58. The second-order valence-corrected chi connectivity index (χ2v) is 11.1. The predicted molar refractivity (Wildman–Crippen MR) is 154 cm³/mol. The van der Waals surface area contributed by atoms with Gasteiger partial charge in [0.2, 0.25) is 5.91 Å². The van der Waals surface area contributed by atoms with Crippen LogP contribution in [0.3, 0.4) is 0 Å². The molecule has 1 aromatic heterocycles. The van der Waals surface area contributed by atoms with Crippen molar-refractivity contribution in [3.05, 3.63) is 58.5 Å². The van der Waals surface area contributed by atoms with Crippen LogP contribution in [0.5, 0.6) is 11.5 Å². The summed E-state index contributed by atoms with van der Waals surface area (Å²) in [5.74, 6) is -1.50. The van der Waals surface area contributed by atoms with E-state index < -0.39 is 18.0 Å². The maximum atomic E-state index is 12.4. The van der Waals surface area contributed by atoms with Gasteiger partial charge in [-0.2, -0.15) is 0 Å². The lowest BCUT2D eigenvalue weighted by atomic mass is 9.96. The highest BCUT2D eigenvalue weighted by atomic mass is 32.1. The topological polar surface area (TPSA) is 149 Å². The van der Waals surface area contributed by atoms with Crippen molar-refractivity contribution < 1.29 is 48.3 Å². The number of methoxy groups -OCH3 is 2. The number of carbonyl (C=O) groups excluding carboxylic acids is 2. The summed E-state index contributed by atoms with van der Waals surface area (Å²) in [6.07, 6.45) is 2.57. The molecule has 2 atom stereocenters. The quantitative estimate of drug-likeness (QED) is 0.228. The minimum Gasteiger partial charge on any atom is -0.493 e. The molecule has 1 aromatic carbocycles. The molecule has 11 nitrogen and oxygen atoms in total. The lowest BCUT2D eigenvalue weighted by Crippen LogP contribution is -2.31. The number of fused-ring (bicyclic) bond motifs is 2. The fraction of sp³-hybridized carbons (Fsp3) is 0.400. The van der Waals surface area contributed by atoms with Crippen molar-refractivity contribution >= 4 is 45.1 Å². The normalized spacial score (nSPS) is 17.8. The lowest BCUT2D eigenvalue weighted by molar-refractivity contribution is -0.140. The molecule has 2 aromatic rings. The summed E-state index contributed by atoms with van der Waals surface area (Å²) in [6, 6.07) is 5.28. The molecule has 2 aliphatic rings. The molecule has 2 N–H and O–H groups in total. The first-order chi connectivity index (χ1) is 20.1. The number of rotatable bonds is 15. The molecule has 1 aliphatic heterocycles. The number of carboxylic acid groups (broad SMARTS) is 2. The van der Waals surface area contributed by atoms with E-state index in [4.69, 9.17) is 29.2 Å². The second kappa shape index (κ2) is 13.8. The number of carboxylic acids is 2. The van der Waals surface area contributed by atoms with E-state index >= 15 is 0 Å². The van der Waals surface area contributed by atoms with Gasteiger partial charge in [0.1, 0.15) is 18.8 Å². The highest BCUT2D eigenvalue weighted by molar-refractivity contribution is 7.20. The number of ether oxygens (including phenoxy) is 4. The third-order valence-corrected chi connectivity index (χ3v) is 8.06. The molecule has 1 saturated heterocycles. The molecule has 224 valence electrons. The Morgan fingerprint density at radius 2 is 1.57 bits per heavy atom. The van der Waals surface area contributed by atoms with Crippen molar-refractivity contribution in [1.29, 1.82) is 0 Å². The number of Topliss-reactive ketones (excluding diaryl/α,β-unsaturated/α-hetero) is 1. The number of ketones is 1. The average Bonchev–Trinajstić information content (AvgIpc) is 3.58. The van der Waals surface area contributed by atoms with Crippen LogP contribution in [0.4, 0.5) is 0 Å². The number of likely N-dealkylation sites (tertiary alicyclic amines) is 1. The Balaban J connectivity index is 1.34. The third kappa shape index (κ3) is 7.64. The van der Waals surface area contributed by atoms with Gasteiger partial charge in [-0.1, -0.05) is 6.58 Å². The van der Waals surface area contributed by atoms with Crippen LogP contribution in [0.25, 0.3) is 10.1 Å². The highest BCUT2D eigenvalue weighted by Gasteiger charge is 2.33. The molecule has 2 heterocycles. The van der Waals surface area contributed by atoms with Crippen LogP contribution in [0, 0.1) is 0 Å². The van der Waals surface area contributed by atoms with E-state index in [9.17, 15) is 19.2 Å². The molecule has 42 heavy (non-hydrogen) atoms. The Hall–Kier alpha value is -4.00. The number of amides is 1. The Labute approximate surface area is 246 Å². The number of hydrogen-bond donors (Lipinski definition) is 2. The maximum absolute atomic E-state index is 12.4. The number of benzene rings is 1. The van der Waals surface area contributed by atoms with Gasteiger partial charge < -0.3 is 34.1 Å². The molecule has 0 spiro atoms. The molecule has 0 bridgehead atoms. The molecule has 0 radical (unpaired) electrons. The van der Waals surface area contributed by atoms with E-state index in [1.54, 1.807) is 30.2 Å². The van der Waals surface area contributed by atoms with Crippen LogP contribution in [-0.2, 0) is 23.9 Å². The second-order valence-electron chi connectivity index (χ2n) is 10.0. The zero-order valence-electron chi connectivity index (χ0n) is 23.4. The fourth-order valence-electron chi connectivity index (χ4n) is 4.71. The summed E-state index contributed by atoms with van der Waals surface area (Å²) in [4.78, 5) is 48.5. The van der Waals surface area contributed by atoms with Crippen LogP contribution >= 0.6 is 11.3 Å². The first-order valence-corrected chi connectivity index (χ1v) is 14.1. The molecule has 0 saturated carbocycles. The summed E-state index contributed by atoms with van der Waals surface area (Å²) < 4.78 is 24.0. The molecule has 2 unspecified atom stereocenters. The molecule has 1 fully saturated rings. The number of hydrogen-bond acceptors (Lipinski definition) is 9. The van der Waals surface area contributed by atoms with Gasteiger partial charge in [-0.25, -0.2) is 0 Å². The van der Waals surface area contributed by atoms with E-state index in [1.807, 2.05) is 12.2 Å². The van der Waals surface area contributed by atoms with Crippen molar-refractivity contribution in [3.63, 3.8) is 0 Å². The van der Waals surface area contributed by atoms with Crippen molar-refractivity contribution in [2.75, 3.05) is 40.5 Å². The lowest BCUT2D eigenvalue weighted by Gasteiger charge is -2.26. The van der Waals surface area contributed by atoms with Gasteiger partial charge in [0.15, 0.2) is 17.3 Å².